The number of nitrogens with one attached hydrogen (secondary N) is 2. The molecule has 0 bridgehead atoms. The first-order valence-corrected chi connectivity index (χ1v) is 9.09. The molecular formula is C21H20ClN5O. The number of nitriles is 1. The van der Waals surface area contributed by atoms with Gasteiger partial charge in [0.2, 0.25) is 0 Å². The van der Waals surface area contributed by atoms with E-state index in [9.17, 15) is 10.1 Å². The summed E-state index contributed by atoms with van der Waals surface area (Å²) in [5.74, 6) is 0.500. The van der Waals surface area contributed by atoms with Gasteiger partial charge in [0.15, 0.2) is 0 Å². The Morgan fingerprint density at radius 1 is 1.11 bits per heavy atom. The van der Waals surface area contributed by atoms with E-state index in [0.29, 0.717) is 27.8 Å². The molecule has 2 amide bonds. The van der Waals surface area contributed by atoms with Crippen molar-refractivity contribution in [1.29, 1.82) is 5.26 Å². The van der Waals surface area contributed by atoms with Gasteiger partial charge in [0.25, 0.3) is 0 Å². The van der Waals surface area contributed by atoms with Crippen LogP contribution >= 0.6 is 11.6 Å². The van der Waals surface area contributed by atoms with Crippen molar-refractivity contribution in [2.75, 3.05) is 10.6 Å². The first kappa shape index (κ1) is 19.5. The summed E-state index contributed by atoms with van der Waals surface area (Å²) < 4.78 is 1.62. The van der Waals surface area contributed by atoms with Crippen LogP contribution in [0.15, 0.2) is 54.6 Å². The second-order valence-corrected chi connectivity index (χ2v) is 7.76. The minimum Gasteiger partial charge on any atom is -0.308 e. The Balaban J connectivity index is 1.93. The van der Waals surface area contributed by atoms with E-state index in [1.807, 2.05) is 32.9 Å². The fraction of sp³-hybridized carbons (Fsp3) is 0.190. The summed E-state index contributed by atoms with van der Waals surface area (Å²) in [5.41, 5.74) is 2.39. The Kier molecular flexibility index (Phi) is 5.39. The molecule has 3 rings (SSSR count). The highest BCUT2D eigenvalue weighted by Gasteiger charge is 2.21. The van der Waals surface area contributed by atoms with E-state index in [0.717, 1.165) is 5.69 Å². The van der Waals surface area contributed by atoms with Crippen molar-refractivity contribution < 1.29 is 4.79 Å². The summed E-state index contributed by atoms with van der Waals surface area (Å²) >= 11 is 5.96. The number of nitrogens with zero attached hydrogens (tertiary/aromatic N) is 3. The summed E-state index contributed by atoms with van der Waals surface area (Å²) in [6.07, 6.45) is 0. The second-order valence-electron chi connectivity index (χ2n) is 7.33. The number of aromatic nitrogens is 2. The fourth-order valence-corrected chi connectivity index (χ4v) is 2.78. The molecule has 1 aromatic heterocycles. The first-order chi connectivity index (χ1) is 13.3. The van der Waals surface area contributed by atoms with Gasteiger partial charge in [-0.15, -0.1) is 0 Å². The Morgan fingerprint density at radius 2 is 1.86 bits per heavy atom. The lowest BCUT2D eigenvalue weighted by atomic mass is 9.92. The third kappa shape index (κ3) is 4.51. The van der Waals surface area contributed by atoms with Crippen LogP contribution in [0.1, 0.15) is 32.0 Å². The summed E-state index contributed by atoms with van der Waals surface area (Å²) in [7, 11) is 0. The molecular weight excluding hydrogens is 374 g/mol. The molecule has 28 heavy (non-hydrogen) atoms. The van der Waals surface area contributed by atoms with E-state index in [4.69, 9.17) is 11.6 Å². The number of carbonyl (C=O) groups is 1. The number of anilines is 2. The third-order valence-corrected chi connectivity index (χ3v) is 4.26. The molecule has 0 fully saturated rings. The molecule has 3 aromatic rings. The summed E-state index contributed by atoms with van der Waals surface area (Å²) in [6, 6.07) is 17.5. The molecule has 2 aromatic carbocycles. The maximum Gasteiger partial charge on any atom is 0.324 e. The SMILES string of the molecule is CC(C)(C)c1cc(NC(=O)Nc2cccc(Cl)c2)n(-c2cccc(C#N)c2)n1. The molecule has 0 aliphatic rings. The highest BCUT2D eigenvalue weighted by atomic mass is 35.5. The van der Waals surface area contributed by atoms with E-state index < -0.39 is 6.03 Å². The van der Waals surface area contributed by atoms with Crippen molar-refractivity contribution in [2.45, 2.75) is 26.2 Å². The number of benzene rings is 2. The van der Waals surface area contributed by atoms with Crippen molar-refractivity contribution in [1.82, 2.24) is 9.78 Å². The number of amides is 2. The van der Waals surface area contributed by atoms with Gasteiger partial charge in [-0.2, -0.15) is 10.4 Å². The van der Waals surface area contributed by atoms with Crippen molar-refractivity contribution in [2.24, 2.45) is 0 Å². The van der Waals surface area contributed by atoms with Gasteiger partial charge in [0.05, 0.1) is 23.0 Å². The average Bonchev–Trinajstić information content (AvgIpc) is 3.06. The van der Waals surface area contributed by atoms with E-state index in [1.54, 1.807) is 47.1 Å². The number of hydrogen-bond donors (Lipinski definition) is 2. The van der Waals surface area contributed by atoms with E-state index >= 15 is 0 Å². The van der Waals surface area contributed by atoms with Gasteiger partial charge in [0, 0.05) is 22.2 Å². The molecule has 0 saturated carbocycles. The predicted octanol–water partition coefficient (Wildman–Crippen LogP) is 5.34. The molecule has 0 spiro atoms. The predicted molar refractivity (Wildman–Crippen MR) is 111 cm³/mol. The van der Waals surface area contributed by atoms with Crippen LogP contribution in [-0.4, -0.2) is 15.8 Å². The van der Waals surface area contributed by atoms with Gasteiger partial charge in [-0.3, -0.25) is 5.32 Å². The molecule has 0 radical (unpaired) electrons. The van der Waals surface area contributed by atoms with Crippen molar-refractivity contribution in [3.8, 4) is 11.8 Å². The highest BCUT2D eigenvalue weighted by molar-refractivity contribution is 6.30. The average molecular weight is 394 g/mol. The van der Waals surface area contributed by atoms with Crippen LogP contribution in [0.2, 0.25) is 5.02 Å². The zero-order valence-electron chi connectivity index (χ0n) is 15.8. The maximum absolute atomic E-state index is 12.5. The quantitative estimate of drug-likeness (QED) is 0.630. The Hall–Kier alpha value is -3.30. The number of halogens is 1. The number of hydrogen-bond acceptors (Lipinski definition) is 3. The summed E-state index contributed by atoms with van der Waals surface area (Å²) in [4.78, 5) is 12.5. The van der Waals surface area contributed by atoms with Crippen LogP contribution < -0.4 is 10.6 Å². The molecule has 2 N–H and O–H groups in total. The zero-order valence-corrected chi connectivity index (χ0v) is 16.6. The van der Waals surface area contributed by atoms with Crippen LogP contribution in [0, 0.1) is 11.3 Å². The molecule has 7 heteroatoms. The largest absolute Gasteiger partial charge is 0.324 e. The first-order valence-electron chi connectivity index (χ1n) is 8.71. The standard InChI is InChI=1S/C21H20ClN5O/c1-21(2,3)18-12-19(25-20(28)24-16-8-5-7-15(22)11-16)27(26-18)17-9-4-6-14(10-17)13-23/h4-12H,1-3H3,(H2,24,25,28). The smallest absolute Gasteiger partial charge is 0.308 e. The molecule has 0 saturated heterocycles. The van der Waals surface area contributed by atoms with Gasteiger partial charge in [-0.25, -0.2) is 9.48 Å². The van der Waals surface area contributed by atoms with Crippen molar-refractivity contribution >= 4 is 29.1 Å². The molecule has 0 unspecified atom stereocenters. The minimum atomic E-state index is -0.416. The monoisotopic (exact) mass is 393 g/mol. The molecule has 1 heterocycles. The van der Waals surface area contributed by atoms with Gasteiger partial charge >= 0.3 is 6.03 Å². The van der Waals surface area contributed by atoms with Gasteiger partial charge in [-0.1, -0.05) is 44.5 Å². The summed E-state index contributed by atoms with van der Waals surface area (Å²) in [6.45, 7) is 6.13. The maximum atomic E-state index is 12.5. The Morgan fingerprint density at radius 3 is 2.54 bits per heavy atom. The van der Waals surface area contributed by atoms with Crippen molar-refractivity contribution in [3.05, 3.63) is 70.9 Å². The minimum absolute atomic E-state index is 0.210. The Labute approximate surface area is 168 Å². The molecule has 6 nitrogen and oxygen atoms in total. The van der Waals surface area contributed by atoms with Gasteiger partial charge < -0.3 is 5.32 Å². The number of urea groups is 1. The van der Waals surface area contributed by atoms with Crippen LogP contribution in [-0.2, 0) is 5.41 Å². The number of rotatable bonds is 3. The van der Waals surface area contributed by atoms with Crippen LogP contribution in [0.25, 0.3) is 5.69 Å². The lowest BCUT2D eigenvalue weighted by molar-refractivity contribution is 0.262. The van der Waals surface area contributed by atoms with Gasteiger partial charge in [-0.05, 0) is 36.4 Å². The second kappa shape index (κ2) is 7.75. The van der Waals surface area contributed by atoms with Crippen LogP contribution in [0.3, 0.4) is 0 Å². The topological polar surface area (TPSA) is 82.7 Å². The normalized spacial score (nSPS) is 11.0. The van der Waals surface area contributed by atoms with Crippen molar-refractivity contribution in [3.63, 3.8) is 0 Å². The van der Waals surface area contributed by atoms with E-state index in [1.165, 1.54) is 0 Å². The summed E-state index contributed by atoms with van der Waals surface area (Å²) in [5, 5.41) is 19.9. The number of carbonyl (C=O) groups excluding carboxylic acids is 1. The van der Waals surface area contributed by atoms with Crippen LogP contribution in [0.4, 0.5) is 16.3 Å². The third-order valence-electron chi connectivity index (χ3n) is 4.02. The lowest BCUT2D eigenvalue weighted by Gasteiger charge is -2.14. The molecule has 0 atom stereocenters. The van der Waals surface area contributed by atoms with E-state index in [2.05, 4.69) is 21.8 Å². The zero-order chi connectivity index (χ0) is 20.3. The molecule has 0 aliphatic carbocycles. The fourth-order valence-electron chi connectivity index (χ4n) is 2.59. The molecule has 142 valence electrons. The Bertz CT molecular complexity index is 1060. The van der Waals surface area contributed by atoms with Crippen LogP contribution in [0.5, 0.6) is 0 Å². The molecule has 0 aliphatic heterocycles. The van der Waals surface area contributed by atoms with E-state index in [-0.39, 0.29) is 5.41 Å². The van der Waals surface area contributed by atoms with Gasteiger partial charge in [0.1, 0.15) is 5.82 Å². The highest BCUT2D eigenvalue weighted by Crippen LogP contribution is 2.27. The lowest BCUT2D eigenvalue weighted by Crippen LogP contribution is -2.21.